The normalized spacial score (nSPS) is 11.7. The number of amides is 3. The number of rotatable bonds is 5. The molecule has 0 fully saturated rings. The van der Waals surface area contributed by atoms with Gasteiger partial charge in [0, 0.05) is 22.5 Å². The first-order chi connectivity index (χ1) is 15.5. The minimum Gasteiger partial charge on any atom is -0.341 e. The molecule has 1 aromatic heterocycles. The van der Waals surface area contributed by atoms with E-state index in [1.165, 1.54) is 18.8 Å². The first kappa shape index (κ1) is 22.0. The van der Waals surface area contributed by atoms with Crippen LogP contribution in [0.5, 0.6) is 0 Å². The summed E-state index contributed by atoms with van der Waals surface area (Å²) in [5.41, 5.74) is 2.42. The molecule has 0 aliphatic carbocycles. The van der Waals surface area contributed by atoms with Crippen molar-refractivity contribution in [1.82, 2.24) is 20.6 Å². The Morgan fingerprint density at radius 1 is 0.906 bits per heavy atom. The molecule has 4 rings (SSSR count). The van der Waals surface area contributed by atoms with E-state index in [2.05, 4.69) is 26.6 Å². The van der Waals surface area contributed by atoms with Gasteiger partial charge in [0.1, 0.15) is 10.3 Å². The summed E-state index contributed by atoms with van der Waals surface area (Å²) in [6, 6.07) is 24.2. The summed E-state index contributed by atoms with van der Waals surface area (Å²) in [4.78, 5) is 34.3. The number of nitrogens with one attached hydrogen (secondary N) is 2. The van der Waals surface area contributed by atoms with Crippen LogP contribution in [-0.2, 0) is 4.79 Å². The Morgan fingerprint density at radius 2 is 1.59 bits per heavy atom. The fourth-order valence-electron chi connectivity index (χ4n) is 3.12. The third kappa shape index (κ3) is 4.98. The molecule has 0 saturated carbocycles. The zero-order chi connectivity index (χ0) is 22.5. The Labute approximate surface area is 198 Å². The number of nitrogens with zero attached hydrogens (tertiary/aromatic N) is 2. The molecule has 32 heavy (non-hydrogen) atoms. The number of urea groups is 1. The van der Waals surface area contributed by atoms with E-state index in [1.807, 2.05) is 78.9 Å². The van der Waals surface area contributed by atoms with Crippen LogP contribution in [0.25, 0.3) is 22.3 Å². The van der Waals surface area contributed by atoms with Crippen LogP contribution in [-0.4, -0.2) is 29.0 Å². The maximum Gasteiger partial charge on any atom is 0.321 e. The lowest BCUT2D eigenvalue weighted by Gasteiger charge is -2.17. The van der Waals surface area contributed by atoms with Gasteiger partial charge in [-0.15, -0.1) is 0 Å². The highest BCUT2D eigenvalue weighted by Gasteiger charge is 2.25. The maximum absolute atomic E-state index is 13.0. The molecular formula is C24H19BrN4O2S. The first-order valence-electron chi connectivity index (χ1n) is 9.82. The number of halogens is 1. The molecule has 0 bridgehead atoms. The Morgan fingerprint density at radius 3 is 2.31 bits per heavy atom. The second-order valence-electron chi connectivity index (χ2n) is 6.85. The van der Waals surface area contributed by atoms with Crippen molar-refractivity contribution in [3.63, 3.8) is 0 Å². The summed E-state index contributed by atoms with van der Waals surface area (Å²) in [6.07, 6.45) is 0. The van der Waals surface area contributed by atoms with Gasteiger partial charge in [0.15, 0.2) is 5.82 Å². The lowest BCUT2D eigenvalue weighted by Crippen LogP contribution is -2.39. The standard InChI is InChI=1S/C24H19BrN4O2S/c1-26-24(31)29-22(30)20(15-7-3-2-4-8-15)32-23-18-9-5-6-10-19(18)27-21(28-23)16-11-13-17(25)14-12-16/h2-14,20H,1H3,(H2,26,29,30,31)/t20-/m0/s1. The SMILES string of the molecule is CNC(=O)NC(=O)[C@@H](Sc1nc(-c2ccc(Br)cc2)nc2ccccc12)c1ccccc1. The van der Waals surface area contributed by atoms with Gasteiger partial charge in [0.2, 0.25) is 5.91 Å². The van der Waals surface area contributed by atoms with E-state index in [-0.39, 0.29) is 0 Å². The number of aromatic nitrogens is 2. The fourth-order valence-corrected chi connectivity index (χ4v) is 4.50. The third-order valence-electron chi connectivity index (χ3n) is 4.70. The van der Waals surface area contributed by atoms with E-state index < -0.39 is 17.2 Å². The van der Waals surface area contributed by atoms with Crippen molar-refractivity contribution in [1.29, 1.82) is 0 Å². The Balaban J connectivity index is 1.79. The van der Waals surface area contributed by atoms with E-state index in [9.17, 15) is 9.59 Å². The van der Waals surface area contributed by atoms with E-state index in [0.717, 1.165) is 26.5 Å². The minimum atomic E-state index is -0.676. The van der Waals surface area contributed by atoms with E-state index in [4.69, 9.17) is 9.97 Å². The molecule has 0 aliphatic rings. The lowest BCUT2D eigenvalue weighted by atomic mass is 10.1. The van der Waals surface area contributed by atoms with Gasteiger partial charge < -0.3 is 5.32 Å². The highest BCUT2D eigenvalue weighted by atomic mass is 79.9. The van der Waals surface area contributed by atoms with Gasteiger partial charge in [-0.25, -0.2) is 14.8 Å². The quantitative estimate of drug-likeness (QED) is 0.281. The number of benzene rings is 3. The second-order valence-corrected chi connectivity index (χ2v) is 8.86. The maximum atomic E-state index is 13.0. The van der Waals surface area contributed by atoms with Crippen molar-refractivity contribution < 1.29 is 9.59 Å². The molecule has 0 radical (unpaired) electrons. The molecule has 8 heteroatoms. The molecule has 3 aromatic carbocycles. The number of carbonyl (C=O) groups excluding carboxylic acids is 2. The summed E-state index contributed by atoms with van der Waals surface area (Å²) >= 11 is 4.74. The van der Waals surface area contributed by atoms with Crippen LogP contribution in [0.15, 0.2) is 88.4 Å². The molecular weight excluding hydrogens is 488 g/mol. The number of imide groups is 1. The lowest BCUT2D eigenvalue weighted by molar-refractivity contribution is -0.119. The fraction of sp³-hybridized carbons (Fsp3) is 0.0833. The van der Waals surface area contributed by atoms with Crippen molar-refractivity contribution >= 4 is 50.5 Å². The molecule has 3 amide bonds. The van der Waals surface area contributed by atoms with Gasteiger partial charge in [-0.2, -0.15) is 0 Å². The van der Waals surface area contributed by atoms with E-state index >= 15 is 0 Å². The number of carbonyl (C=O) groups is 2. The van der Waals surface area contributed by atoms with Gasteiger partial charge in [0.05, 0.1) is 5.52 Å². The summed E-state index contributed by atoms with van der Waals surface area (Å²) in [5, 5.41) is 5.64. The smallest absolute Gasteiger partial charge is 0.321 e. The van der Waals surface area contributed by atoms with Gasteiger partial charge in [-0.3, -0.25) is 10.1 Å². The number of hydrogen-bond acceptors (Lipinski definition) is 5. The average molecular weight is 507 g/mol. The predicted molar refractivity (Wildman–Crippen MR) is 130 cm³/mol. The van der Waals surface area contributed by atoms with Crippen LogP contribution in [0.1, 0.15) is 10.8 Å². The van der Waals surface area contributed by atoms with E-state index in [1.54, 1.807) is 0 Å². The minimum absolute atomic E-state index is 0.423. The highest BCUT2D eigenvalue weighted by molar-refractivity contribution is 9.10. The molecule has 0 unspecified atom stereocenters. The highest BCUT2D eigenvalue weighted by Crippen LogP contribution is 2.38. The molecule has 0 aliphatic heterocycles. The van der Waals surface area contributed by atoms with Crippen molar-refractivity contribution in [3.05, 3.63) is 88.9 Å². The predicted octanol–water partition coefficient (Wildman–Crippen LogP) is 5.35. The average Bonchev–Trinajstić information content (AvgIpc) is 2.83. The van der Waals surface area contributed by atoms with Gasteiger partial charge in [0.25, 0.3) is 0 Å². The topological polar surface area (TPSA) is 84.0 Å². The van der Waals surface area contributed by atoms with Crippen LogP contribution in [0.3, 0.4) is 0 Å². The monoisotopic (exact) mass is 506 g/mol. The van der Waals surface area contributed by atoms with E-state index in [0.29, 0.717) is 10.9 Å². The molecule has 1 heterocycles. The number of fused-ring (bicyclic) bond motifs is 1. The van der Waals surface area contributed by atoms with Crippen LogP contribution in [0.2, 0.25) is 0 Å². The number of thioether (sulfide) groups is 1. The zero-order valence-corrected chi connectivity index (χ0v) is 19.5. The van der Waals surface area contributed by atoms with Crippen molar-refractivity contribution in [2.75, 3.05) is 7.05 Å². The van der Waals surface area contributed by atoms with Crippen LogP contribution in [0.4, 0.5) is 4.79 Å². The first-order valence-corrected chi connectivity index (χ1v) is 11.5. The number of hydrogen-bond donors (Lipinski definition) is 2. The largest absolute Gasteiger partial charge is 0.341 e. The Hall–Kier alpha value is -3.23. The van der Waals surface area contributed by atoms with Crippen LogP contribution < -0.4 is 10.6 Å². The molecule has 4 aromatic rings. The van der Waals surface area contributed by atoms with Gasteiger partial charge >= 0.3 is 6.03 Å². The molecule has 1 atom stereocenters. The Bertz CT molecular complexity index is 1270. The molecule has 0 spiro atoms. The van der Waals surface area contributed by atoms with Gasteiger partial charge in [-0.1, -0.05) is 88.4 Å². The summed E-state index contributed by atoms with van der Waals surface area (Å²) < 4.78 is 0.964. The van der Waals surface area contributed by atoms with Crippen molar-refractivity contribution in [2.45, 2.75) is 10.3 Å². The number of para-hydroxylation sites is 1. The van der Waals surface area contributed by atoms with Crippen LogP contribution in [0, 0.1) is 0 Å². The van der Waals surface area contributed by atoms with Crippen molar-refractivity contribution in [2.24, 2.45) is 0 Å². The summed E-state index contributed by atoms with van der Waals surface area (Å²) in [6.45, 7) is 0. The summed E-state index contributed by atoms with van der Waals surface area (Å²) in [5.74, 6) is 0.144. The van der Waals surface area contributed by atoms with Gasteiger partial charge in [-0.05, 0) is 23.8 Å². The van der Waals surface area contributed by atoms with Crippen molar-refractivity contribution in [3.8, 4) is 11.4 Å². The molecule has 6 nitrogen and oxygen atoms in total. The second kappa shape index (κ2) is 9.93. The third-order valence-corrected chi connectivity index (χ3v) is 6.49. The Kier molecular flexibility index (Phi) is 6.82. The molecule has 160 valence electrons. The summed E-state index contributed by atoms with van der Waals surface area (Å²) in [7, 11) is 1.47. The van der Waals surface area contributed by atoms with Crippen LogP contribution >= 0.6 is 27.7 Å². The molecule has 2 N–H and O–H groups in total. The zero-order valence-electron chi connectivity index (χ0n) is 17.1. The molecule has 0 saturated heterocycles.